The molecular formula is C12H14N6OS. The molecule has 0 bridgehead atoms. The zero-order valence-electron chi connectivity index (χ0n) is 10.9. The van der Waals surface area contributed by atoms with Gasteiger partial charge in [-0.1, -0.05) is 23.4 Å². The smallest absolute Gasteiger partial charge is 0.248 e. The molecule has 7 nitrogen and oxygen atoms in total. The maximum atomic E-state index is 5.90. The molecule has 0 saturated carbocycles. The van der Waals surface area contributed by atoms with E-state index in [9.17, 15) is 0 Å². The second kappa shape index (κ2) is 5.51. The number of hydrogen-bond acceptors (Lipinski definition) is 7. The second-order valence-corrected chi connectivity index (χ2v) is 5.29. The Bertz CT molecular complexity index is 674. The van der Waals surface area contributed by atoms with Gasteiger partial charge >= 0.3 is 0 Å². The van der Waals surface area contributed by atoms with Crippen LogP contribution in [0.15, 0.2) is 28.2 Å². The molecular weight excluding hydrogens is 276 g/mol. The fourth-order valence-electron chi connectivity index (χ4n) is 1.73. The van der Waals surface area contributed by atoms with Crippen molar-refractivity contribution in [3.63, 3.8) is 0 Å². The number of rotatable bonds is 5. The Kier molecular flexibility index (Phi) is 3.57. The molecule has 1 atom stereocenters. The average Bonchev–Trinajstić information content (AvgIpc) is 3.19. The van der Waals surface area contributed by atoms with Crippen molar-refractivity contribution in [2.75, 3.05) is 0 Å². The third kappa shape index (κ3) is 2.61. The number of nitrogens with zero attached hydrogens (tertiary/aromatic N) is 5. The summed E-state index contributed by atoms with van der Waals surface area (Å²) in [6.45, 7) is 2.40. The van der Waals surface area contributed by atoms with Crippen LogP contribution in [0.2, 0.25) is 0 Å². The monoisotopic (exact) mass is 290 g/mol. The van der Waals surface area contributed by atoms with Gasteiger partial charge in [0.05, 0.1) is 22.8 Å². The normalized spacial score (nSPS) is 12.7. The molecule has 0 saturated heterocycles. The van der Waals surface area contributed by atoms with E-state index in [2.05, 4.69) is 20.5 Å². The summed E-state index contributed by atoms with van der Waals surface area (Å²) >= 11 is 1.57. The van der Waals surface area contributed by atoms with Crippen molar-refractivity contribution >= 4 is 11.3 Å². The number of nitrogens with two attached hydrogens (primary N) is 1. The number of aromatic nitrogens is 5. The lowest BCUT2D eigenvalue weighted by Crippen LogP contribution is -2.08. The zero-order chi connectivity index (χ0) is 13.9. The third-order valence-corrected chi connectivity index (χ3v) is 3.75. The van der Waals surface area contributed by atoms with Crippen molar-refractivity contribution in [2.45, 2.75) is 25.9 Å². The Balaban J connectivity index is 1.73. The molecule has 3 aromatic heterocycles. The van der Waals surface area contributed by atoms with Crippen molar-refractivity contribution in [1.29, 1.82) is 0 Å². The van der Waals surface area contributed by atoms with Crippen LogP contribution in [0.5, 0.6) is 0 Å². The molecule has 0 aromatic carbocycles. The lowest BCUT2D eigenvalue weighted by Gasteiger charge is -2.01. The zero-order valence-corrected chi connectivity index (χ0v) is 11.7. The van der Waals surface area contributed by atoms with Crippen LogP contribution in [0.25, 0.3) is 10.7 Å². The Hall–Kier alpha value is -2.06. The van der Waals surface area contributed by atoms with E-state index < -0.39 is 0 Å². The summed E-state index contributed by atoms with van der Waals surface area (Å²) in [6, 6.07) is 3.81. The molecule has 3 rings (SSSR count). The molecule has 2 N–H and O–H groups in total. The highest BCUT2D eigenvalue weighted by molar-refractivity contribution is 7.13. The fraction of sp³-hybridized carbons (Fsp3) is 0.333. The SMILES string of the molecule is CCC(N)c1cn(Cc2nc(-c3cccs3)no2)nn1. The van der Waals surface area contributed by atoms with Gasteiger partial charge in [0.2, 0.25) is 11.7 Å². The molecule has 104 valence electrons. The quantitative estimate of drug-likeness (QED) is 0.770. The van der Waals surface area contributed by atoms with Gasteiger partial charge in [-0.05, 0) is 17.9 Å². The summed E-state index contributed by atoms with van der Waals surface area (Å²) in [5, 5.41) is 14.0. The van der Waals surface area contributed by atoms with Crippen molar-refractivity contribution in [3.05, 3.63) is 35.3 Å². The molecule has 1 unspecified atom stereocenters. The lowest BCUT2D eigenvalue weighted by molar-refractivity contribution is 0.364. The van der Waals surface area contributed by atoms with E-state index in [-0.39, 0.29) is 6.04 Å². The molecule has 0 fully saturated rings. The molecule has 0 spiro atoms. The standard InChI is InChI=1S/C12H14N6OS/c1-2-8(13)9-6-18(17-15-9)7-11-14-12(16-19-11)10-4-3-5-20-10/h3-6,8H,2,7,13H2,1H3. The maximum absolute atomic E-state index is 5.90. The van der Waals surface area contributed by atoms with E-state index >= 15 is 0 Å². The van der Waals surface area contributed by atoms with Crippen LogP contribution < -0.4 is 5.73 Å². The van der Waals surface area contributed by atoms with Gasteiger partial charge in [0, 0.05) is 0 Å². The van der Waals surface area contributed by atoms with E-state index in [4.69, 9.17) is 10.3 Å². The van der Waals surface area contributed by atoms with E-state index in [1.807, 2.05) is 30.6 Å². The average molecular weight is 290 g/mol. The Labute approximate surface area is 119 Å². The Morgan fingerprint density at radius 2 is 2.40 bits per heavy atom. The molecule has 0 amide bonds. The van der Waals surface area contributed by atoms with Crippen LogP contribution in [0.1, 0.15) is 31.0 Å². The molecule has 3 aromatic rings. The minimum absolute atomic E-state index is 0.0897. The summed E-state index contributed by atoms with van der Waals surface area (Å²) in [7, 11) is 0. The van der Waals surface area contributed by atoms with Crippen LogP contribution in [0.3, 0.4) is 0 Å². The minimum atomic E-state index is -0.0897. The summed E-state index contributed by atoms with van der Waals surface area (Å²) in [6.07, 6.45) is 2.63. The highest BCUT2D eigenvalue weighted by Gasteiger charge is 2.12. The van der Waals surface area contributed by atoms with Crippen molar-refractivity contribution < 1.29 is 4.52 Å². The van der Waals surface area contributed by atoms with Crippen LogP contribution in [0, 0.1) is 0 Å². The Morgan fingerprint density at radius 1 is 1.50 bits per heavy atom. The highest BCUT2D eigenvalue weighted by atomic mass is 32.1. The minimum Gasteiger partial charge on any atom is -0.337 e. The third-order valence-electron chi connectivity index (χ3n) is 2.88. The molecule has 8 heteroatoms. The van der Waals surface area contributed by atoms with E-state index in [0.717, 1.165) is 17.0 Å². The van der Waals surface area contributed by atoms with E-state index in [1.165, 1.54) is 0 Å². The predicted octanol–water partition coefficient (Wildman–Crippen LogP) is 1.85. The topological polar surface area (TPSA) is 95.7 Å². The first-order chi connectivity index (χ1) is 9.76. The Morgan fingerprint density at radius 3 is 3.15 bits per heavy atom. The van der Waals surface area contributed by atoms with Crippen molar-refractivity contribution in [2.24, 2.45) is 5.73 Å². The predicted molar refractivity (Wildman–Crippen MR) is 74.0 cm³/mol. The van der Waals surface area contributed by atoms with Gasteiger partial charge in [-0.3, -0.25) is 0 Å². The number of thiophene rings is 1. The summed E-state index contributed by atoms with van der Waals surface area (Å²) < 4.78 is 6.86. The highest BCUT2D eigenvalue weighted by Crippen LogP contribution is 2.21. The van der Waals surface area contributed by atoms with Crippen LogP contribution in [-0.4, -0.2) is 25.1 Å². The molecule has 0 aliphatic carbocycles. The van der Waals surface area contributed by atoms with Crippen molar-refractivity contribution in [3.8, 4) is 10.7 Å². The first kappa shape index (κ1) is 12.9. The maximum Gasteiger partial charge on any atom is 0.248 e. The fourth-order valence-corrected chi connectivity index (χ4v) is 2.38. The first-order valence-electron chi connectivity index (χ1n) is 6.28. The van der Waals surface area contributed by atoms with Gasteiger partial charge in [-0.15, -0.1) is 16.4 Å². The lowest BCUT2D eigenvalue weighted by atomic mass is 10.2. The largest absolute Gasteiger partial charge is 0.337 e. The van der Waals surface area contributed by atoms with Gasteiger partial charge in [0.25, 0.3) is 0 Å². The van der Waals surface area contributed by atoms with Crippen LogP contribution >= 0.6 is 11.3 Å². The molecule has 0 radical (unpaired) electrons. The van der Waals surface area contributed by atoms with Crippen LogP contribution in [-0.2, 0) is 6.54 Å². The molecule has 3 heterocycles. The van der Waals surface area contributed by atoms with Crippen molar-refractivity contribution in [1.82, 2.24) is 25.1 Å². The van der Waals surface area contributed by atoms with E-state index in [1.54, 1.807) is 16.0 Å². The van der Waals surface area contributed by atoms with Gasteiger partial charge in [-0.25, -0.2) is 4.68 Å². The molecule has 0 aliphatic rings. The summed E-state index contributed by atoms with van der Waals surface area (Å²) in [5.74, 6) is 1.09. The second-order valence-electron chi connectivity index (χ2n) is 4.34. The van der Waals surface area contributed by atoms with Gasteiger partial charge in [0.1, 0.15) is 6.54 Å². The molecule has 0 aliphatic heterocycles. The summed E-state index contributed by atoms with van der Waals surface area (Å²) in [4.78, 5) is 5.31. The van der Waals surface area contributed by atoms with E-state index in [0.29, 0.717) is 18.3 Å². The first-order valence-corrected chi connectivity index (χ1v) is 7.16. The van der Waals surface area contributed by atoms with Gasteiger partial charge in [0.15, 0.2) is 0 Å². The number of hydrogen-bond donors (Lipinski definition) is 1. The van der Waals surface area contributed by atoms with Crippen LogP contribution in [0.4, 0.5) is 0 Å². The summed E-state index contributed by atoms with van der Waals surface area (Å²) in [5.41, 5.74) is 6.67. The van der Waals surface area contributed by atoms with Gasteiger partial charge < -0.3 is 10.3 Å². The molecule has 20 heavy (non-hydrogen) atoms. The van der Waals surface area contributed by atoms with Gasteiger partial charge in [-0.2, -0.15) is 4.98 Å².